The molecule has 10 heteroatoms. The molecule has 1 aliphatic heterocycles. The molecule has 1 aromatic carbocycles. The molecule has 2 amide bonds. The molecule has 0 atom stereocenters. The van der Waals surface area contributed by atoms with Crippen molar-refractivity contribution in [1.82, 2.24) is 0 Å². The van der Waals surface area contributed by atoms with Gasteiger partial charge in [-0.2, -0.15) is 0 Å². The predicted octanol–water partition coefficient (Wildman–Crippen LogP) is 6.03. The highest BCUT2D eigenvalue weighted by Gasteiger charge is 2.41. The van der Waals surface area contributed by atoms with Crippen molar-refractivity contribution in [2.24, 2.45) is 0 Å². The van der Waals surface area contributed by atoms with Gasteiger partial charge in [-0.25, -0.2) is 9.29 Å². The van der Waals surface area contributed by atoms with Crippen molar-refractivity contribution in [2.75, 3.05) is 18.1 Å². The van der Waals surface area contributed by atoms with Crippen LogP contribution in [0, 0.1) is 5.82 Å². The van der Waals surface area contributed by atoms with E-state index in [-0.39, 0.29) is 34.3 Å². The Morgan fingerprint density at radius 2 is 1.67 bits per heavy atom. The maximum absolute atomic E-state index is 14.7. The first-order valence-electron chi connectivity index (χ1n) is 9.60. The van der Waals surface area contributed by atoms with Crippen LogP contribution in [0.3, 0.4) is 0 Å². The number of carbonyl (C=O) groups is 2. The first-order chi connectivity index (χ1) is 14.2. The predicted molar refractivity (Wildman–Crippen MR) is 114 cm³/mol. The molecule has 0 unspecified atom stereocenters. The SMILES string of the molecule is CCOP(=O)(OCC)C(Cl)=Cc1cc(N2C(=O)C3=C(CCCC3)C2=O)c(F)cc1Cl. The summed E-state index contributed by atoms with van der Waals surface area (Å²) in [7, 11) is -3.77. The second-order valence-electron chi connectivity index (χ2n) is 6.74. The van der Waals surface area contributed by atoms with Gasteiger partial charge in [-0.05, 0) is 63.3 Å². The van der Waals surface area contributed by atoms with Gasteiger partial charge in [0.1, 0.15) is 10.6 Å². The third kappa shape index (κ3) is 4.27. The number of anilines is 1. The summed E-state index contributed by atoms with van der Waals surface area (Å²) in [4.78, 5) is 26.4. The minimum absolute atomic E-state index is 0.0363. The molecule has 0 spiro atoms. The summed E-state index contributed by atoms with van der Waals surface area (Å²) in [6.45, 7) is 3.46. The molecule has 0 radical (unpaired) electrons. The molecule has 0 bridgehead atoms. The molecular formula is C20H21Cl2FNO5P. The second-order valence-corrected chi connectivity index (χ2v) is 9.81. The van der Waals surface area contributed by atoms with Crippen LogP contribution in [0.2, 0.25) is 5.02 Å². The minimum Gasteiger partial charge on any atom is -0.305 e. The lowest BCUT2D eigenvalue weighted by atomic mass is 9.93. The number of amides is 2. The molecule has 0 saturated carbocycles. The lowest BCUT2D eigenvalue weighted by Gasteiger charge is -2.18. The lowest BCUT2D eigenvalue weighted by Crippen LogP contribution is -2.32. The van der Waals surface area contributed by atoms with Crippen molar-refractivity contribution in [3.63, 3.8) is 0 Å². The molecule has 0 fully saturated rings. The van der Waals surface area contributed by atoms with E-state index in [0.29, 0.717) is 24.0 Å². The number of hydrogen-bond donors (Lipinski definition) is 0. The summed E-state index contributed by atoms with van der Waals surface area (Å²) in [5, 5.41) is -0.0363. The monoisotopic (exact) mass is 475 g/mol. The highest BCUT2D eigenvalue weighted by atomic mass is 35.5. The number of benzene rings is 1. The molecule has 0 aromatic heterocycles. The van der Waals surface area contributed by atoms with Crippen LogP contribution in [0.25, 0.3) is 6.08 Å². The number of rotatable bonds is 7. The fourth-order valence-electron chi connectivity index (χ4n) is 3.50. The van der Waals surface area contributed by atoms with E-state index in [1.54, 1.807) is 13.8 Å². The number of halogens is 3. The van der Waals surface area contributed by atoms with Crippen LogP contribution < -0.4 is 4.90 Å². The normalized spacial score (nSPS) is 17.8. The molecule has 0 saturated heterocycles. The molecule has 6 nitrogen and oxygen atoms in total. The molecular weight excluding hydrogens is 455 g/mol. The zero-order valence-corrected chi connectivity index (χ0v) is 19.0. The summed E-state index contributed by atoms with van der Waals surface area (Å²) in [6, 6.07) is 2.22. The van der Waals surface area contributed by atoms with E-state index in [1.807, 2.05) is 0 Å². The van der Waals surface area contributed by atoms with Gasteiger partial charge in [-0.15, -0.1) is 0 Å². The van der Waals surface area contributed by atoms with Crippen LogP contribution in [-0.4, -0.2) is 25.0 Å². The maximum atomic E-state index is 14.7. The molecule has 1 aliphatic carbocycles. The Morgan fingerprint density at radius 3 is 2.17 bits per heavy atom. The van der Waals surface area contributed by atoms with Crippen molar-refractivity contribution < 1.29 is 27.6 Å². The summed E-state index contributed by atoms with van der Waals surface area (Å²) >= 11 is 12.3. The Kier molecular flexibility index (Phi) is 7.20. The summed E-state index contributed by atoms with van der Waals surface area (Å²) in [6.07, 6.45) is 3.84. The second kappa shape index (κ2) is 9.33. The van der Waals surface area contributed by atoms with E-state index < -0.39 is 25.2 Å². The molecule has 3 rings (SSSR count). The minimum atomic E-state index is -3.77. The summed E-state index contributed by atoms with van der Waals surface area (Å²) in [5.41, 5.74) is 0.811. The van der Waals surface area contributed by atoms with Gasteiger partial charge in [0.15, 0.2) is 0 Å². The molecule has 1 aromatic rings. The maximum Gasteiger partial charge on any atom is 0.372 e. The van der Waals surface area contributed by atoms with E-state index >= 15 is 0 Å². The third-order valence-corrected chi connectivity index (χ3v) is 7.74. The fraction of sp³-hybridized carbons (Fsp3) is 0.400. The number of carbonyl (C=O) groups excluding carboxylic acids is 2. The number of hydrogen-bond acceptors (Lipinski definition) is 5. The average Bonchev–Trinajstić information content (AvgIpc) is 2.95. The van der Waals surface area contributed by atoms with Gasteiger partial charge in [-0.1, -0.05) is 23.2 Å². The topological polar surface area (TPSA) is 72.9 Å². The Bertz CT molecular complexity index is 969. The van der Waals surface area contributed by atoms with Gasteiger partial charge in [0.2, 0.25) is 0 Å². The van der Waals surface area contributed by atoms with E-state index in [4.69, 9.17) is 32.2 Å². The highest BCUT2D eigenvalue weighted by molar-refractivity contribution is 7.61. The van der Waals surface area contributed by atoms with Crippen molar-refractivity contribution in [3.8, 4) is 0 Å². The van der Waals surface area contributed by atoms with E-state index in [2.05, 4.69) is 0 Å². The van der Waals surface area contributed by atoms with Crippen LogP contribution >= 0.6 is 30.8 Å². The van der Waals surface area contributed by atoms with Gasteiger partial charge < -0.3 is 9.05 Å². The lowest BCUT2D eigenvalue weighted by molar-refractivity contribution is -0.120. The fourth-order valence-corrected chi connectivity index (χ4v) is 5.42. The zero-order valence-electron chi connectivity index (χ0n) is 16.5. The van der Waals surface area contributed by atoms with Gasteiger partial charge in [0.05, 0.1) is 23.9 Å². The molecule has 2 aliphatic rings. The summed E-state index contributed by atoms with van der Waals surface area (Å²) in [5.74, 6) is -1.87. The van der Waals surface area contributed by atoms with Crippen molar-refractivity contribution in [3.05, 3.63) is 44.5 Å². The van der Waals surface area contributed by atoms with Crippen LogP contribution in [0.1, 0.15) is 45.1 Å². The first kappa shape index (κ1) is 23.2. The van der Waals surface area contributed by atoms with E-state index in [9.17, 15) is 18.5 Å². The van der Waals surface area contributed by atoms with E-state index in [1.165, 1.54) is 12.1 Å². The summed E-state index contributed by atoms with van der Waals surface area (Å²) < 4.78 is 37.7. The van der Waals surface area contributed by atoms with E-state index in [0.717, 1.165) is 23.8 Å². The van der Waals surface area contributed by atoms with Crippen LogP contribution in [0.5, 0.6) is 0 Å². The largest absolute Gasteiger partial charge is 0.372 e. The van der Waals surface area contributed by atoms with Crippen molar-refractivity contribution in [2.45, 2.75) is 39.5 Å². The zero-order chi connectivity index (χ0) is 22.1. The number of nitrogens with zero attached hydrogens (tertiary/aromatic N) is 1. The molecule has 1 heterocycles. The Morgan fingerprint density at radius 1 is 1.13 bits per heavy atom. The first-order valence-corrected chi connectivity index (χ1v) is 11.9. The average molecular weight is 476 g/mol. The Labute approximate surface area is 184 Å². The van der Waals surface area contributed by atoms with Gasteiger partial charge in [-0.3, -0.25) is 14.2 Å². The highest BCUT2D eigenvalue weighted by Crippen LogP contribution is 2.58. The van der Waals surface area contributed by atoms with Gasteiger partial charge in [0, 0.05) is 11.1 Å². The molecule has 0 N–H and O–H groups in total. The van der Waals surface area contributed by atoms with Crippen molar-refractivity contribution in [1.29, 1.82) is 0 Å². The van der Waals surface area contributed by atoms with Crippen LogP contribution in [0.4, 0.5) is 10.1 Å². The number of imide groups is 1. The van der Waals surface area contributed by atoms with Gasteiger partial charge in [0.25, 0.3) is 11.8 Å². The smallest absolute Gasteiger partial charge is 0.305 e. The van der Waals surface area contributed by atoms with Crippen molar-refractivity contribution >= 4 is 54.4 Å². The standard InChI is InChI=1S/C20H21Cl2FNO5P/c1-3-28-30(27,29-4-2)18(22)10-12-9-17(16(23)11-15(12)21)24-19(25)13-7-5-6-8-14(13)20(24)26/h9-11H,3-8H2,1-2H3. The molecule has 162 valence electrons. The molecule has 30 heavy (non-hydrogen) atoms. The van der Waals surface area contributed by atoms with Crippen LogP contribution in [0.15, 0.2) is 28.1 Å². The quantitative estimate of drug-likeness (QED) is 0.355. The Balaban J connectivity index is 2.02. The Hall–Kier alpha value is -1.50. The van der Waals surface area contributed by atoms with Crippen LogP contribution in [-0.2, 0) is 23.2 Å². The van der Waals surface area contributed by atoms with Gasteiger partial charge >= 0.3 is 7.60 Å². The third-order valence-electron chi connectivity index (χ3n) is 4.83.